The standard InChI is InChI=1S/C31H32FN3O2/c1-20(2)34-16-6-8-22(18-34)19-35-30(26-9-5-4-7-21(26)3)33-28-15-12-24(17-27(28)31(35)37)29(36)23-10-13-25(32)14-11-23/h4-5,7,9-15,17,20,22H,6,8,16,18-19H2,1-3H3/t22-/m0/s1. The molecule has 0 radical (unpaired) electrons. The van der Waals surface area contributed by atoms with Crippen molar-refractivity contribution >= 4 is 16.7 Å². The summed E-state index contributed by atoms with van der Waals surface area (Å²) in [5.41, 5.74) is 3.17. The number of piperidine rings is 1. The highest BCUT2D eigenvalue weighted by Crippen LogP contribution is 2.26. The number of hydrogen-bond donors (Lipinski definition) is 0. The quantitative estimate of drug-likeness (QED) is 0.313. The number of fused-ring (bicyclic) bond motifs is 1. The van der Waals surface area contributed by atoms with Crippen LogP contribution < -0.4 is 5.56 Å². The number of carbonyl (C=O) groups is 1. The van der Waals surface area contributed by atoms with Crippen LogP contribution in [0.4, 0.5) is 4.39 Å². The van der Waals surface area contributed by atoms with E-state index in [2.05, 4.69) is 18.7 Å². The van der Waals surface area contributed by atoms with E-state index in [0.29, 0.717) is 46.4 Å². The Morgan fingerprint density at radius 2 is 1.78 bits per heavy atom. The number of nitrogens with zero attached hydrogens (tertiary/aromatic N) is 3. The number of likely N-dealkylation sites (tertiary alicyclic amines) is 1. The summed E-state index contributed by atoms with van der Waals surface area (Å²) in [6.45, 7) is 9.05. The van der Waals surface area contributed by atoms with Crippen molar-refractivity contribution in [2.24, 2.45) is 5.92 Å². The lowest BCUT2D eigenvalue weighted by Crippen LogP contribution is -2.42. The van der Waals surface area contributed by atoms with E-state index in [0.717, 1.165) is 37.1 Å². The third-order valence-corrected chi connectivity index (χ3v) is 7.43. The second kappa shape index (κ2) is 10.4. The van der Waals surface area contributed by atoms with E-state index < -0.39 is 5.82 Å². The van der Waals surface area contributed by atoms with Gasteiger partial charge in [-0.25, -0.2) is 9.37 Å². The number of halogens is 1. The first-order chi connectivity index (χ1) is 17.8. The predicted octanol–water partition coefficient (Wildman–Crippen LogP) is 5.86. The number of rotatable bonds is 6. The van der Waals surface area contributed by atoms with Gasteiger partial charge in [0.2, 0.25) is 0 Å². The van der Waals surface area contributed by atoms with Gasteiger partial charge in [0.25, 0.3) is 5.56 Å². The summed E-state index contributed by atoms with van der Waals surface area (Å²) in [7, 11) is 0. The molecular formula is C31H32FN3O2. The molecule has 0 aliphatic carbocycles. The molecule has 1 aliphatic heterocycles. The molecule has 0 amide bonds. The van der Waals surface area contributed by atoms with E-state index in [1.807, 2.05) is 35.8 Å². The minimum absolute atomic E-state index is 0.140. The fraction of sp³-hybridized carbons (Fsp3) is 0.323. The second-order valence-electron chi connectivity index (χ2n) is 10.3. The fourth-order valence-corrected chi connectivity index (χ4v) is 5.30. The highest BCUT2D eigenvalue weighted by Gasteiger charge is 2.25. The molecule has 2 heterocycles. The molecule has 1 aliphatic rings. The molecule has 0 spiro atoms. The van der Waals surface area contributed by atoms with E-state index in [-0.39, 0.29) is 11.3 Å². The third kappa shape index (κ3) is 5.12. The number of aryl methyl sites for hydroxylation is 1. The Morgan fingerprint density at radius 1 is 1.05 bits per heavy atom. The lowest BCUT2D eigenvalue weighted by molar-refractivity contribution is 0.103. The Kier molecular flexibility index (Phi) is 7.02. The van der Waals surface area contributed by atoms with Crippen LogP contribution in [-0.4, -0.2) is 39.4 Å². The smallest absolute Gasteiger partial charge is 0.261 e. The minimum Gasteiger partial charge on any atom is -0.301 e. The lowest BCUT2D eigenvalue weighted by atomic mass is 9.96. The second-order valence-corrected chi connectivity index (χ2v) is 10.3. The summed E-state index contributed by atoms with van der Waals surface area (Å²) < 4.78 is 15.2. The molecule has 0 saturated carbocycles. The van der Waals surface area contributed by atoms with Crippen molar-refractivity contribution in [2.75, 3.05) is 13.1 Å². The van der Waals surface area contributed by atoms with Crippen LogP contribution in [0.25, 0.3) is 22.3 Å². The summed E-state index contributed by atoms with van der Waals surface area (Å²) >= 11 is 0. The normalized spacial score (nSPS) is 16.4. The fourth-order valence-electron chi connectivity index (χ4n) is 5.30. The molecule has 4 aromatic rings. The first-order valence-electron chi connectivity index (χ1n) is 13.0. The van der Waals surface area contributed by atoms with Gasteiger partial charge < -0.3 is 4.90 Å². The van der Waals surface area contributed by atoms with Crippen LogP contribution in [0.2, 0.25) is 0 Å². The van der Waals surface area contributed by atoms with Crippen LogP contribution in [-0.2, 0) is 6.54 Å². The maximum absolute atomic E-state index is 14.0. The molecule has 1 atom stereocenters. The van der Waals surface area contributed by atoms with Crippen LogP contribution in [0.3, 0.4) is 0 Å². The zero-order valence-corrected chi connectivity index (χ0v) is 21.6. The molecule has 0 unspecified atom stereocenters. The van der Waals surface area contributed by atoms with Gasteiger partial charge in [-0.1, -0.05) is 24.3 Å². The molecule has 0 bridgehead atoms. The van der Waals surface area contributed by atoms with E-state index in [4.69, 9.17) is 4.98 Å². The molecule has 1 fully saturated rings. The molecule has 5 rings (SSSR count). The van der Waals surface area contributed by atoms with Gasteiger partial charge in [0.1, 0.15) is 11.6 Å². The molecule has 3 aromatic carbocycles. The van der Waals surface area contributed by atoms with Gasteiger partial charge in [0.15, 0.2) is 5.78 Å². The minimum atomic E-state index is -0.398. The number of ketones is 1. The Labute approximate surface area is 216 Å². The van der Waals surface area contributed by atoms with Gasteiger partial charge in [0, 0.05) is 35.8 Å². The average Bonchev–Trinajstić information content (AvgIpc) is 2.90. The number of aromatic nitrogens is 2. The largest absolute Gasteiger partial charge is 0.301 e. The van der Waals surface area contributed by atoms with Crippen molar-refractivity contribution in [1.29, 1.82) is 0 Å². The van der Waals surface area contributed by atoms with Gasteiger partial charge in [-0.3, -0.25) is 14.2 Å². The summed E-state index contributed by atoms with van der Waals surface area (Å²) in [6.07, 6.45) is 2.17. The van der Waals surface area contributed by atoms with Gasteiger partial charge in [-0.15, -0.1) is 0 Å². The Hall–Kier alpha value is -3.64. The van der Waals surface area contributed by atoms with Gasteiger partial charge in [0.05, 0.1) is 10.9 Å². The number of hydrogen-bond acceptors (Lipinski definition) is 4. The summed E-state index contributed by atoms with van der Waals surface area (Å²) in [5, 5.41) is 0.418. The van der Waals surface area contributed by atoms with Crippen molar-refractivity contribution in [3.8, 4) is 11.4 Å². The predicted molar refractivity (Wildman–Crippen MR) is 145 cm³/mol. The summed E-state index contributed by atoms with van der Waals surface area (Å²) in [4.78, 5) is 34.6. The van der Waals surface area contributed by atoms with Gasteiger partial charge in [-0.2, -0.15) is 0 Å². The molecule has 6 heteroatoms. The Balaban J connectivity index is 1.62. The van der Waals surface area contributed by atoms with Crippen LogP contribution in [0.1, 0.15) is 48.2 Å². The van der Waals surface area contributed by atoms with Crippen molar-refractivity contribution < 1.29 is 9.18 Å². The monoisotopic (exact) mass is 497 g/mol. The zero-order chi connectivity index (χ0) is 26.1. The number of carbonyl (C=O) groups excluding carboxylic acids is 1. The first-order valence-corrected chi connectivity index (χ1v) is 13.0. The zero-order valence-electron chi connectivity index (χ0n) is 21.6. The van der Waals surface area contributed by atoms with Gasteiger partial charge >= 0.3 is 0 Å². The summed E-state index contributed by atoms with van der Waals surface area (Å²) in [6, 6.07) is 19.0. The van der Waals surface area contributed by atoms with E-state index >= 15 is 0 Å². The van der Waals surface area contributed by atoms with Crippen molar-refractivity contribution in [1.82, 2.24) is 14.5 Å². The van der Waals surface area contributed by atoms with E-state index in [1.54, 1.807) is 18.2 Å². The molecule has 5 nitrogen and oxygen atoms in total. The molecule has 37 heavy (non-hydrogen) atoms. The highest BCUT2D eigenvalue weighted by atomic mass is 19.1. The lowest BCUT2D eigenvalue weighted by Gasteiger charge is -2.36. The van der Waals surface area contributed by atoms with Crippen LogP contribution >= 0.6 is 0 Å². The van der Waals surface area contributed by atoms with Crippen molar-refractivity contribution in [3.05, 3.63) is 99.6 Å². The Bertz CT molecular complexity index is 1510. The van der Waals surface area contributed by atoms with Crippen LogP contribution in [0, 0.1) is 18.7 Å². The molecule has 190 valence electrons. The average molecular weight is 498 g/mol. The Morgan fingerprint density at radius 3 is 2.51 bits per heavy atom. The van der Waals surface area contributed by atoms with Gasteiger partial charge in [-0.05, 0) is 94.1 Å². The van der Waals surface area contributed by atoms with Crippen LogP contribution in [0.5, 0.6) is 0 Å². The highest BCUT2D eigenvalue weighted by molar-refractivity contribution is 6.10. The maximum Gasteiger partial charge on any atom is 0.261 e. The molecule has 0 N–H and O–H groups in total. The molecular weight excluding hydrogens is 465 g/mol. The SMILES string of the molecule is Cc1ccccc1-c1nc2ccc(C(=O)c3ccc(F)cc3)cc2c(=O)n1C[C@H]1CCCN(C(C)C)C1. The first kappa shape index (κ1) is 25.0. The maximum atomic E-state index is 14.0. The molecule has 1 saturated heterocycles. The summed E-state index contributed by atoms with van der Waals surface area (Å²) in [5.74, 6) is 0.343. The molecule has 1 aromatic heterocycles. The van der Waals surface area contributed by atoms with E-state index in [9.17, 15) is 14.0 Å². The topological polar surface area (TPSA) is 55.2 Å². The number of benzene rings is 3. The third-order valence-electron chi connectivity index (χ3n) is 7.43. The van der Waals surface area contributed by atoms with E-state index in [1.165, 1.54) is 24.3 Å². The van der Waals surface area contributed by atoms with Crippen molar-refractivity contribution in [2.45, 2.75) is 46.2 Å². The van der Waals surface area contributed by atoms with Crippen molar-refractivity contribution in [3.63, 3.8) is 0 Å². The van der Waals surface area contributed by atoms with Crippen LogP contribution in [0.15, 0.2) is 71.5 Å².